The Morgan fingerprint density at radius 2 is 1.72 bits per heavy atom. The number of hydrogen-bond acceptors (Lipinski definition) is 5. The Kier molecular flexibility index (Phi) is 5.87. The Bertz CT molecular complexity index is 1260. The van der Waals surface area contributed by atoms with Crippen LogP contribution in [0.3, 0.4) is 0 Å². The molecule has 0 radical (unpaired) electrons. The van der Waals surface area contributed by atoms with Crippen molar-refractivity contribution >= 4 is 57.8 Å². The normalized spacial score (nSPS) is 15.8. The van der Waals surface area contributed by atoms with E-state index >= 15 is 0 Å². The van der Waals surface area contributed by atoms with Crippen LogP contribution in [0.1, 0.15) is 18.9 Å². The number of carbonyl (C=O) groups excluding carboxylic acids is 3. The van der Waals surface area contributed by atoms with Crippen molar-refractivity contribution in [1.82, 2.24) is 9.47 Å². The minimum atomic E-state index is -1.23. The molecule has 1 saturated heterocycles. The second-order valence-corrected chi connectivity index (χ2v) is 7.74. The number of amides is 2. The average molecular weight is 447 g/mol. The molecule has 0 saturated carbocycles. The van der Waals surface area contributed by atoms with Crippen LogP contribution in [-0.4, -0.2) is 38.9 Å². The molecule has 0 N–H and O–H groups in total. The molecule has 1 aromatic heterocycles. The largest absolute Gasteiger partial charge is 0.548 e. The molecule has 1 aliphatic rings. The van der Waals surface area contributed by atoms with Crippen molar-refractivity contribution in [1.29, 1.82) is 0 Å². The summed E-state index contributed by atoms with van der Waals surface area (Å²) in [7, 11) is 0. The van der Waals surface area contributed by atoms with Gasteiger partial charge >= 0.3 is 0 Å². The summed E-state index contributed by atoms with van der Waals surface area (Å²) in [6, 6.07) is 16.1. The topological polar surface area (TPSA) is 85.7 Å². The number of para-hydroxylation sites is 2. The smallest absolute Gasteiger partial charge is 0.270 e. The molecule has 1 aliphatic heterocycles. The van der Waals surface area contributed by atoms with E-state index in [4.69, 9.17) is 12.2 Å². The van der Waals surface area contributed by atoms with E-state index in [1.54, 1.807) is 42.6 Å². The molecule has 0 bridgehead atoms. The first kappa shape index (κ1) is 21.5. The molecule has 2 aromatic carbocycles. The van der Waals surface area contributed by atoms with Crippen LogP contribution in [0.25, 0.3) is 17.0 Å². The number of anilines is 1. The minimum absolute atomic E-state index is 0.0349. The fourth-order valence-electron chi connectivity index (χ4n) is 3.82. The first-order chi connectivity index (χ1) is 15.4. The van der Waals surface area contributed by atoms with E-state index in [0.29, 0.717) is 29.7 Å². The monoisotopic (exact) mass is 446 g/mol. The van der Waals surface area contributed by atoms with Gasteiger partial charge in [0.2, 0.25) is 0 Å². The van der Waals surface area contributed by atoms with Crippen LogP contribution in [0.2, 0.25) is 0 Å². The SMILES string of the molecule is CCCN1C(=O)/C(=C\c2cn(CC(=O)[O-])c3ccccc23)C(=O)N(c2ccccc2)C1=S. The molecule has 0 aliphatic carbocycles. The van der Waals surface area contributed by atoms with Crippen LogP contribution in [-0.2, 0) is 20.9 Å². The molecule has 2 amide bonds. The van der Waals surface area contributed by atoms with E-state index in [2.05, 4.69) is 0 Å². The average Bonchev–Trinajstić information content (AvgIpc) is 3.12. The lowest BCUT2D eigenvalue weighted by molar-refractivity contribution is -0.306. The van der Waals surface area contributed by atoms with Gasteiger partial charge in [0, 0.05) is 29.2 Å². The van der Waals surface area contributed by atoms with Crippen LogP contribution >= 0.6 is 12.2 Å². The van der Waals surface area contributed by atoms with Gasteiger partial charge in [0.25, 0.3) is 11.8 Å². The number of nitrogens with zero attached hydrogens (tertiary/aromatic N) is 3. The highest BCUT2D eigenvalue weighted by molar-refractivity contribution is 7.80. The summed E-state index contributed by atoms with van der Waals surface area (Å²) >= 11 is 5.50. The highest BCUT2D eigenvalue weighted by atomic mass is 32.1. The number of aromatic nitrogens is 1. The molecule has 2 heterocycles. The summed E-state index contributed by atoms with van der Waals surface area (Å²) in [6.07, 6.45) is 3.79. The Hall–Kier alpha value is -3.78. The molecule has 162 valence electrons. The van der Waals surface area contributed by atoms with Crippen molar-refractivity contribution in [3.05, 3.63) is 71.9 Å². The lowest BCUT2D eigenvalue weighted by atomic mass is 10.0. The Morgan fingerprint density at radius 3 is 2.41 bits per heavy atom. The van der Waals surface area contributed by atoms with Gasteiger partial charge in [-0.05, 0) is 42.9 Å². The summed E-state index contributed by atoms with van der Waals surface area (Å²) in [6.45, 7) is 1.96. The first-order valence-electron chi connectivity index (χ1n) is 10.2. The number of carboxylic acid groups (broad SMARTS) is 1. The lowest BCUT2D eigenvalue weighted by Gasteiger charge is -2.36. The summed E-state index contributed by atoms with van der Waals surface area (Å²) in [4.78, 5) is 40.7. The maximum Gasteiger partial charge on any atom is 0.270 e. The Labute approximate surface area is 190 Å². The van der Waals surface area contributed by atoms with Crippen molar-refractivity contribution < 1.29 is 19.5 Å². The van der Waals surface area contributed by atoms with Crippen molar-refractivity contribution in [2.24, 2.45) is 0 Å². The molecule has 8 heteroatoms. The maximum atomic E-state index is 13.4. The molecular weight excluding hydrogens is 426 g/mol. The number of thiocarbonyl (C=S) groups is 1. The van der Waals surface area contributed by atoms with Gasteiger partial charge < -0.3 is 14.5 Å². The Morgan fingerprint density at radius 1 is 1.03 bits per heavy atom. The van der Waals surface area contributed by atoms with Gasteiger partial charge in [-0.3, -0.25) is 19.4 Å². The second kappa shape index (κ2) is 8.76. The number of carbonyl (C=O) groups is 3. The second-order valence-electron chi connectivity index (χ2n) is 7.37. The molecule has 1 fully saturated rings. The van der Waals surface area contributed by atoms with E-state index in [9.17, 15) is 19.5 Å². The zero-order valence-corrected chi connectivity index (χ0v) is 18.2. The Balaban J connectivity index is 1.86. The van der Waals surface area contributed by atoms with Crippen LogP contribution in [0, 0.1) is 0 Å². The highest BCUT2D eigenvalue weighted by Crippen LogP contribution is 2.29. The summed E-state index contributed by atoms with van der Waals surface area (Å²) < 4.78 is 1.53. The summed E-state index contributed by atoms with van der Waals surface area (Å²) in [5.74, 6) is -2.22. The van der Waals surface area contributed by atoms with Crippen LogP contribution < -0.4 is 10.0 Å². The van der Waals surface area contributed by atoms with Gasteiger partial charge in [-0.25, -0.2) is 0 Å². The van der Waals surface area contributed by atoms with Crippen LogP contribution in [0.4, 0.5) is 5.69 Å². The summed E-state index contributed by atoms with van der Waals surface area (Å²) in [5, 5.41) is 12.1. The van der Waals surface area contributed by atoms with E-state index in [0.717, 1.165) is 5.39 Å². The molecule has 0 spiro atoms. The predicted octanol–water partition coefficient (Wildman–Crippen LogP) is 2.34. The van der Waals surface area contributed by atoms with E-state index < -0.39 is 17.8 Å². The number of benzene rings is 2. The quantitative estimate of drug-likeness (QED) is 0.330. The van der Waals surface area contributed by atoms with E-state index in [1.165, 1.54) is 20.4 Å². The van der Waals surface area contributed by atoms with Crippen molar-refractivity contribution in [2.45, 2.75) is 19.9 Å². The molecule has 7 nitrogen and oxygen atoms in total. The molecule has 0 unspecified atom stereocenters. The van der Waals surface area contributed by atoms with Crippen LogP contribution in [0.15, 0.2) is 66.4 Å². The minimum Gasteiger partial charge on any atom is -0.548 e. The molecular formula is C24H20N3O4S-. The zero-order chi connectivity index (χ0) is 22.8. The summed E-state index contributed by atoms with van der Waals surface area (Å²) in [5.41, 5.74) is 1.77. The third-order valence-corrected chi connectivity index (χ3v) is 5.61. The number of hydrogen-bond donors (Lipinski definition) is 0. The van der Waals surface area contributed by atoms with Gasteiger partial charge in [0.1, 0.15) is 5.57 Å². The molecule has 4 rings (SSSR count). The van der Waals surface area contributed by atoms with E-state index in [-0.39, 0.29) is 17.2 Å². The first-order valence-corrected chi connectivity index (χ1v) is 10.6. The molecule has 32 heavy (non-hydrogen) atoms. The van der Waals surface area contributed by atoms with Crippen molar-refractivity contribution in [3.8, 4) is 0 Å². The van der Waals surface area contributed by atoms with Gasteiger partial charge in [-0.15, -0.1) is 0 Å². The fourth-order valence-corrected chi connectivity index (χ4v) is 4.18. The van der Waals surface area contributed by atoms with Gasteiger partial charge in [0.15, 0.2) is 5.11 Å². The van der Waals surface area contributed by atoms with Crippen molar-refractivity contribution in [3.63, 3.8) is 0 Å². The van der Waals surface area contributed by atoms with Crippen LogP contribution in [0.5, 0.6) is 0 Å². The zero-order valence-electron chi connectivity index (χ0n) is 17.4. The maximum absolute atomic E-state index is 13.4. The van der Waals surface area contributed by atoms with Gasteiger partial charge in [-0.2, -0.15) is 0 Å². The highest BCUT2D eigenvalue weighted by Gasteiger charge is 2.40. The number of carboxylic acids is 1. The number of aliphatic carboxylic acids is 1. The third kappa shape index (κ3) is 3.80. The van der Waals surface area contributed by atoms with Gasteiger partial charge in [0.05, 0.1) is 18.2 Å². The fraction of sp³-hybridized carbons (Fsp3) is 0.167. The third-order valence-electron chi connectivity index (χ3n) is 5.21. The van der Waals surface area contributed by atoms with Crippen molar-refractivity contribution in [2.75, 3.05) is 11.4 Å². The predicted molar refractivity (Wildman–Crippen MR) is 123 cm³/mol. The standard InChI is InChI=1S/C24H21N3O4S/c1-2-12-26-22(30)19(23(31)27(24(26)32)17-8-4-3-5-9-17)13-16-14-25(15-21(28)29)20-11-7-6-10-18(16)20/h3-11,13-14H,2,12,15H2,1H3,(H,28,29)/p-1/b19-13+. The number of fused-ring (bicyclic) bond motifs is 1. The number of rotatable bonds is 6. The molecule has 0 atom stereocenters. The van der Waals surface area contributed by atoms with Gasteiger partial charge in [-0.1, -0.05) is 43.3 Å². The lowest BCUT2D eigenvalue weighted by Crippen LogP contribution is -2.56. The molecule has 3 aromatic rings. The van der Waals surface area contributed by atoms with E-state index in [1.807, 2.05) is 25.1 Å².